The van der Waals surface area contributed by atoms with Gasteiger partial charge in [0, 0.05) is 26.2 Å². The molecule has 0 aliphatic carbocycles. The number of hydrogen-bond acceptors (Lipinski definition) is 4. The SMILES string of the molecule is CCC[C@H](N)C(=O)NC1CCN(CC(=O)NC)CC1. The van der Waals surface area contributed by atoms with Crippen LogP contribution in [0.15, 0.2) is 0 Å². The van der Waals surface area contributed by atoms with Gasteiger partial charge in [0.1, 0.15) is 0 Å². The lowest BCUT2D eigenvalue weighted by atomic mass is 10.0. The largest absolute Gasteiger partial charge is 0.358 e. The van der Waals surface area contributed by atoms with Gasteiger partial charge >= 0.3 is 0 Å². The smallest absolute Gasteiger partial charge is 0.237 e. The molecule has 110 valence electrons. The van der Waals surface area contributed by atoms with Crippen molar-refractivity contribution in [1.29, 1.82) is 0 Å². The Morgan fingerprint density at radius 2 is 2.00 bits per heavy atom. The van der Waals surface area contributed by atoms with Crippen molar-refractivity contribution in [3.63, 3.8) is 0 Å². The fraction of sp³-hybridized carbons (Fsp3) is 0.846. The number of nitrogens with zero attached hydrogens (tertiary/aromatic N) is 1. The zero-order valence-electron chi connectivity index (χ0n) is 11.9. The number of likely N-dealkylation sites (tertiary alicyclic amines) is 1. The van der Waals surface area contributed by atoms with Crippen LogP contribution >= 0.6 is 0 Å². The maximum Gasteiger partial charge on any atom is 0.237 e. The molecular weight excluding hydrogens is 244 g/mol. The van der Waals surface area contributed by atoms with E-state index in [1.54, 1.807) is 7.05 Å². The molecule has 1 rings (SSSR count). The van der Waals surface area contributed by atoms with Gasteiger partial charge in [-0.1, -0.05) is 13.3 Å². The molecule has 1 saturated heterocycles. The minimum atomic E-state index is -0.395. The number of rotatable bonds is 6. The quantitative estimate of drug-likeness (QED) is 0.604. The molecular formula is C13H26N4O2. The van der Waals surface area contributed by atoms with Crippen LogP contribution in [0.2, 0.25) is 0 Å². The van der Waals surface area contributed by atoms with E-state index < -0.39 is 6.04 Å². The van der Waals surface area contributed by atoms with E-state index in [1.807, 2.05) is 6.92 Å². The van der Waals surface area contributed by atoms with Crippen molar-refractivity contribution in [2.24, 2.45) is 5.73 Å². The van der Waals surface area contributed by atoms with Crippen molar-refractivity contribution in [2.45, 2.75) is 44.7 Å². The molecule has 0 aromatic rings. The molecule has 1 fully saturated rings. The Balaban J connectivity index is 2.26. The van der Waals surface area contributed by atoms with Gasteiger partial charge in [-0.25, -0.2) is 0 Å². The average molecular weight is 270 g/mol. The summed E-state index contributed by atoms with van der Waals surface area (Å²) in [5.74, 6) is -0.0148. The summed E-state index contributed by atoms with van der Waals surface area (Å²) < 4.78 is 0. The molecule has 2 amide bonds. The topological polar surface area (TPSA) is 87.5 Å². The lowest BCUT2D eigenvalue weighted by Gasteiger charge is -2.32. The van der Waals surface area contributed by atoms with E-state index in [0.717, 1.165) is 38.8 Å². The number of carbonyl (C=O) groups excluding carboxylic acids is 2. The standard InChI is InChI=1S/C13H26N4O2/c1-3-4-11(14)13(19)16-10-5-7-17(8-6-10)9-12(18)15-2/h10-11H,3-9,14H2,1-2H3,(H,15,18)(H,16,19)/t11-/m0/s1. The van der Waals surface area contributed by atoms with Gasteiger partial charge in [0.25, 0.3) is 0 Å². The van der Waals surface area contributed by atoms with Crippen LogP contribution in [0.1, 0.15) is 32.6 Å². The van der Waals surface area contributed by atoms with E-state index in [4.69, 9.17) is 5.73 Å². The highest BCUT2D eigenvalue weighted by atomic mass is 16.2. The zero-order chi connectivity index (χ0) is 14.3. The molecule has 6 heteroatoms. The number of nitrogens with two attached hydrogens (primary N) is 1. The molecule has 4 N–H and O–H groups in total. The first kappa shape index (κ1) is 15.9. The third-order valence-corrected chi connectivity index (χ3v) is 3.52. The van der Waals surface area contributed by atoms with Gasteiger partial charge in [-0.3, -0.25) is 14.5 Å². The number of likely N-dealkylation sites (N-methyl/N-ethyl adjacent to an activating group) is 1. The average Bonchev–Trinajstić information content (AvgIpc) is 2.41. The first-order chi connectivity index (χ1) is 9.06. The van der Waals surface area contributed by atoms with Gasteiger partial charge in [-0.15, -0.1) is 0 Å². The molecule has 19 heavy (non-hydrogen) atoms. The Bertz CT molecular complexity index is 301. The molecule has 0 aromatic carbocycles. The Kier molecular flexibility index (Phi) is 6.80. The fourth-order valence-corrected chi connectivity index (χ4v) is 2.27. The highest BCUT2D eigenvalue weighted by molar-refractivity contribution is 5.81. The molecule has 1 heterocycles. The van der Waals surface area contributed by atoms with Gasteiger partial charge < -0.3 is 16.4 Å². The van der Waals surface area contributed by atoms with E-state index >= 15 is 0 Å². The van der Waals surface area contributed by atoms with Crippen molar-refractivity contribution >= 4 is 11.8 Å². The van der Waals surface area contributed by atoms with Gasteiger partial charge in [0.15, 0.2) is 0 Å². The molecule has 1 aliphatic rings. The van der Waals surface area contributed by atoms with E-state index in [2.05, 4.69) is 15.5 Å². The fourth-order valence-electron chi connectivity index (χ4n) is 2.27. The van der Waals surface area contributed by atoms with Gasteiger partial charge in [-0.2, -0.15) is 0 Å². The third-order valence-electron chi connectivity index (χ3n) is 3.52. The van der Waals surface area contributed by atoms with Crippen molar-refractivity contribution < 1.29 is 9.59 Å². The van der Waals surface area contributed by atoms with Crippen molar-refractivity contribution in [3.05, 3.63) is 0 Å². The van der Waals surface area contributed by atoms with Crippen LogP contribution in [0, 0.1) is 0 Å². The normalized spacial score (nSPS) is 18.9. The molecule has 0 aromatic heterocycles. The lowest BCUT2D eigenvalue weighted by molar-refractivity contribution is -0.124. The second-order valence-corrected chi connectivity index (χ2v) is 5.13. The highest BCUT2D eigenvalue weighted by Gasteiger charge is 2.23. The van der Waals surface area contributed by atoms with Crippen LogP contribution in [0.4, 0.5) is 0 Å². The zero-order valence-corrected chi connectivity index (χ0v) is 11.9. The second kappa shape index (κ2) is 8.12. The molecule has 0 bridgehead atoms. The Hall–Kier alpha value is -1.14. The molecule has 1 atom stereocenters. The molecule has 0 saturated carbocycles. The summed E-state index contributed by atoms with van der Waals surface area (Å²) in [6.45, 7) is 4.12. The van der Waals surface area contributed by atoms with Crippen LogP contribution in [-0.4, -0.2) is 55.5 Å². The van der Waals surface area contributed by atoms with Gasteiger partial charge in [0.2, 0.25) is 11.8 Å². The number of piperidine rings is 1. The molecule has 0 unspecified atom stereocenters. The van der Waals surface area contributed by atoms with E-state index in [9.17, 15) is 9.59 Å². The monoisotopic (exact) mass is 270 g/mol. The first-order valence-electron chi connectivity index (χ1n) is 7.05. The van der Waals surface area contributed by atoms with Crippen LogP contribution in [-0.2, 0) is 9.59 Å². The van der Waals surface area contributed by atoms with E-state index in [0.29, 0.717) is 6.54 Å². The van der Waals surface area contributed by atoms with E-state index in [1.165, 1.54) is 0 Å². The first-order valence-corrected chi connectivity index (χ1v) is 7.05. The van der Waals surface area contributed by atoms with Crippen LogP contribution in [0.5, 0.6) is 0 Å². The van der Waals surface area contributed by atoms with Crippen LogP contribution < -0.4 is 16.4 Å². The van der Waals surface area contributed by atoms with Crippen molar-refractivity contribution in [1.82, 2.24) is 15.5 Å². The number of amides is 2. The predicted molar refractivity (Wildman–Crippen MR) is 74.6 cm³/mol. The summed E-state index contributed by atoms with van der Waals surface area (Å²) in [6, 6.07) is -0.203. The second-order valence-electron chi connectivity index (χ2n) is 5.13. The van der Waals surface area contributed by atoms with E-state index in [-0.39, 0.29) is 17.9 Å². The van der Waals surface area contributed by atoms with Crippen molar-refractivity contribution in [2.75, 3.05) is 26.7 Å². The summed E-state index contributed by atoms with van der Waals surface area (Å²) in [7, 11) is 1.64. The number of nitrogens with one attached hydrogen (secondary N) is 2. The van der Waals surface area contributed by atoms with Gasteiger partial charge in [0.05, 0.1) is 12.6 Å². The Morgan fingerprint density at radius 1 is 1.37 bits per heavy atom. The highest BCUT2D eigenvalue weighted by Crippen LogP contribution is 2.10. The minimum absolute atomic E-state index is 0.0347. The van der Waals surface area contributed by atoms with Gasteiger partial charge in [-0.05, 0) is 19.3 Å². The lowest BCUT2D eigenvalue weighted by Crippen LogP contribution is -2.50. The minimum Gasteiger partial charge on any atom is -0.358 e. The van der Waals surface area contributed by atoms with Crippen molar-refractivity contribution in [3.8, 4) is 0 Å². The maximum absolute atomic E-state index is 11.8. The summed E-state index contributed by atoms with van der Waals surface area (Å²) in [4.78, 5) is 25.2. The summed E-state index contributed by atoms with van der Waals surface area (Å²) in [5, 5.41) is 5.62. The number of hydrogen-bond donors (Lipinski definition) is 3. The summed E-state index contributed by atoms with van der Waals surface area (Å²) >= 11 is 0. The summed E-state index contributed by atoms with van der Waals surface area (Å²) in [6.07, 6.45) is 3.39. The third kappa shape index (κ3) is 5.57. The molecule has 0 radical (unpaired) electrons. The number of carbonyl (C=O) groups is 2. The molecule has 6 nitrogen and oxygen atoms in total. The van der Waals surface area contributed by atoms with Crippen LogP contribution in [0.25, 0.3) is 0 Å². The van der Waals surface area contributed by atoms with Crippen LogP contribution in [0.3, 0.4) is 0 Å². The summed E-state index contributed by atoms with van der Waals surface area (Å²) in [5.41, 5.74) is 5.78. The molecule has 0 spiro atoms. The Morgan fingerprint density at radius 3 is 2.53 bits per heavy atom. The predicted octanol–water partition coefficient (Wildman–Crippen LogP) is -0.560. The maximum atomic E-state index is 11.8. The Labute approximate surface area is 115 Å². The molecule has 1 aliphatic heterocycles.